The van der Waals surface area contributed by atoms with Crippen molar-refractivity contribution in [1.82, 2.24) is 0 Å². The SMILES string of the molecule is CC(C)(C)OOC(C)(C)C.CC(C)C. The molecule has 0 rings (SSSR count). The van der Waals surface area contributed by atoms with E-state index in [-0.39, 0.29) is 11.2 Å². The van der Waals surface area contributed by atoms with Crippen LogP contribution in [-0.4, -0.2) is 11.2 Å². The highest BCUT2D eigenvalue weighted by Crippen LogP contribution is 2.14. The van der Waals surface area contributed by atoms with E-state index in [2.05, 4.69) is 20.8 Å². The Morgan fingerprint density at radius 3 is 0.857 bits per heavy atom. The van der Waals surface area contributed by atoms with Crippen LogP contribution in [-0.2, 0) is 9.78 Å². The van der Waals surface area contributed by atoms with Gasteiger partial charge in [-0.3, -0.25) is 0 Å². The monoisotopic (exact) mass is 204 g/mol. The summed E-state index contributed by atoms with van der Waals surface area (Å²) in [5.41, 5.74) is -0.430. The van der Waals surface area contributed by atoms with Gasteiger partial charge in [0.1, 0.15) is 0 Å². The van der Waals surface area contributed by atoms with Crippen molar-refractivity contribution in [2.24, 2.45) is 5.92 Å². The average molecular weight is 204 g/mol. The Balaban J connectivity index is 0. The van der Waals surface area contributed by atoms with Crippen LogP contribution in [0.15, 0.2) is 0 Å². The summed E-state index contributed by atoms with van der Waals surface area (Å²) in [6.07, 6.45) is 0. The molecule has 14 heavy (non-hydrogen) atoms. The summed E-state index contributed by atoms with van der Waals surface area (Å²) in [5, 5.41) is 0. The van der Waals surface area contributed by atoms with Gasteiger partial charge < -0.3 is 0 Å². The third-order valence-electron chi connectivity index (χ3n) is 0.542. The van der Waals surface area contributed by atoms with E-state index < -0.39 is 0 Å². The Kier molecular flexibility index (Phi) is 7.49. The number of hydrogen-bond donors (Lipinski definition) is 0. The summed E-state index contributed by atoms with van der Waals surface area (Å²) >= 11 is 0. The molecule has 0 N–H and O–H groups in total. The second kappa shape index (κ2) is 6.41. The Morgan fingerprint density at radius 1 is 0.643 bits per heavy atom. The summed E-state index contributed by atoms with van der Waals surface area (Å²) in [4.78, 5) is 10.2. The fraction of sp³-hybridized carbons (Fsp3) is 1.00. The van der Waals surface area contributed by atoms with E-state index in [1.54, 1.807) is 0 Å². The Morgan fingerprint density at radius 2 is 0.786 bits per heavy atom. The topological polar surface area (TPSA) is 18.5 Å². The first-order chi connectivity index (χ1) is 5.94. The average Bonchev–Trinajstić information content (AvgIpc) is 1.79. The molecule has 2 heteroatoms. The van der Waals surface area contributed by atoms with Gasteiger partial charge in [-0.15, -0.1) is 0 Å². The van der Waals surface area contributed by atoms with E-state index in [0.717, 1.165) is 5.92 Å². The van der Waals surface area contributed by atoms with E-state index in [9.17, 15) is 0 Å². The van der Waals surface area contributed by atoms with Crippen molar-refractivity contribution >= 4 is 0 Å². The van der Waals surface area contributed by atoms with Crippen molar-refractivity contribution in [2.45, 2.75) is 73.5 Å². The van der Waals surface area contributed by atoms with Crippen LogP contribution in [0.1, 0.15) is 62.3 Å². The van der Waals surface area contributed by atoms with E-state index in [1.807, 2.05) is 41.5 Å². The molecule has 0 bridgehead atoms. The van der Waals surface area contributed by atoms with E-state index >= 15 is 0 Å². The minimum Gasteiger partial charge on any atom is -0.230 e. The molecule has 0 aromatic rings. The summed E-state index contributed by atoms with van der Waals surface area (Å²) in [7, 11) is 0. The first-order valence-electron chi connectivity index (χ1n) is 5.31. The zero-order valence-electron chi connectivity index (χ0n) is 11.4. The fourth-order valence-electron chi connectivity index (χ4n) is 0.250. The molecular formula is C12H28O2. The lowest BCUT2D eigenvalue weighted by atomic mass is 10.2. The molecule has 0 heterocycles. The first-order valence-corrected chi connectivity index (χ1v) is 5.31. The zero-order chi connectivity index (χ0) is 12.0. The van der Waals surface area contributed by atoms with Crippen molar-refractivity contribution in [3.8, 4) is 0 Å². The molecule has 0 atom stereocenters. The van der Waals surface area contributed by atoms with Crippen LogP contribution in [0.3, 0.4) is 0 Å². The molecule has 0 fully saturated rings. The summed E-state index contributed by atoms with van der Waals surface area (Å²) in [6, 6.07) is 0. The highest BCUT2D eigenvalue weighted by molar-refractivity contribution is 4.58. The minimum atomic E-state index is -0.215. The van der Waals surface area contributed by atoms with Gasteiger partial charge in [-0.05, 0) is 47.5 Å². The number of rotatable bonds is 1. The normalized spacial score (nSPS) is 12.4. The molecule has 0 amide bonds. The lowest BCUT2D eigenvalue weighted by molar-refractivity contribution is -0.393. The van der Waals surface area contributed by atoms with Crippen LogP contribution in [0.5, 0.6) is 0 Å². The summed E-state index contributed by atoms with van der Waals surface area (Å²) in [5.74, 6) is 0.833. The minimum absolute atomic E-state index is 0.215. The molecule has 0 aliphatic carbocycles. The molecule has 0 saturated heterocycles. The smallest absolute Gasteiger partial charge is 0.0952 e. The van der Waals surface area contributed by atoms with Gasteiger partial charge >= 0.3 is 0 Å². The molecule has 0 saturated carbocycles. The second-order valence-corrected chi connectivity index (χ2v) is 6.12. The lowest BCUT2D eigenvalue weighted by Crippen LogP contribution is -2.27. The van der Waals surface area contributed by atoms with Gasteiger partial charge in [-0.1, -0.05) is 20.8 Å². The van der Waals surface area contributed by atoms with Crippen molar-refractivity contribution < 1.29 is 9.78 Å². The maximum atomic E-state index is 5.09. The first kappa shape index (κ1) is 16.4. The molecule has 88 valence electrons. The fourth-order valence-corrected chi connectivity index (χ4v) is 0.250. The lowest BCUT2D eigenvalue weighted by Gasteiger charge is -2.24. The molecular weight excluding hydrogens is 176 g/mol. The molecule has 0 aromatic carbocycles. The van der Waals surface area contributed by atoms with Gasteiger partial charge in [0, 0.05) is 0 Å². The molecule has 0 aromatic heterocycles. The quantitative estimate of drug-likeness (QED) is 0.471. The predicted octanol–water partition coefficient (Wildman–Crippen LogP) is 4.19. The predicted molar refractivity (Wildman–Crippen MR) is 62.2 cm³/mol. The standard InChI is InChI=1S/C8H18O2.C4H10/c1-7(2,3)9-10-8(4,5)6;1-4(2)3/h1-6H3;4H,1-3H3. The molecule has 0 radical (unpaired) electrons. The van der Waals surface area contributed by atoms with Crippen LogP contribution in [0.2, 0.25) is 0 Å². The van der Waals surface area contributed by atoms with Crippen molar-refractivity contribution in [3.05, 3.63) is 0 Å². The second-order valence-electron chi connectivity index (χ2n) is 6.12. The largest absolute Gasteiger partial charge is 0.230 e. The van der Waals surface area contributed by atoms with Crippen LogP contribution in [0.25, 0.3) is 0 Å². The molecule has 0 aliphatic rings. The van der Waals surface area contributed by atoms with Crippen molar-refractivity contribution in [2.75, 3.05) is 0 Å². The van der Waals surface area contributed by atoms with Crippen LogP contribution >= 0.6 is 0 Å². The molecule has 0 aliphatic heterocycles. The number of hydrogen-bond acceptors (Lipinski definition) is 2. The Hall–Kier alpha value is -0.0800. The van der Waals surface area contributed by atoms with Gasteiger partial charge in [0.15, 0.2) is 0 Å². The third kappa shape index (κ3) is 29.7. The maximum Gasteiger partial charge on any atom is 0.0952 e. The van der Waals surface area contributed by atoms with E-state index in [1.165, 1.54) is 0 Å². The van der Waals surface area contributed by atoms with Gasteiger partial charge in [0.05, 0.1) is 11.2 Å². The summed E-state index contributed by atoms with van der Waals surface area (Å²) in [6.45, 7) is 18.2. The van der Waals surface area contributed by atoms with Gasteiger partial charge in [-0.25, -0.2) is 9.78 Å². The van der Waals surface area contributed by atoms with Crippen LogP contribution in [0.4, 0.5) is 0 Å². The van der Waals surface area contributed by atoms with Gasteiger partial charge in [0.25, 0.3) is 0 Å². The highest BCUT2D eigenvalue weighted by atomic mass is 17.2. The van der Waals surface area contributed by atoms with Crippen LogP contribution < -0.4 is 0 Å². The van der Waals surface area contributed by atoms with E-state index in [4.69, 9.17) is 9.78 Å². The zero-order valence-corrected chi connectivity index (χ0v) is 11.4. The Bertz CT molecular complexity index is 109. The van der Waals surface area contributed by atoms with E-state index in [0.29, 0.717) is 0 Å². The maximum absolute atomic E-state index is 5.09. The molecule has 0 spiro atoms. The Labute approximate surface area is 89.9 Å². The molecule has 0 unspecified atom stereocenters. The third-order valence-corrected chi connectivity index (χ3v) is 0.542. The summed E-state index contributed by atoms with van der Waals surface area (Å²) < 4.78 is 0. The van der Waals surface area contributed by atoms with Crippen molar-refractivity contribution in [1.29, 1.82) is 0 Å². The highest BCUT2D eigenvalue weighted by Gasteiger charge is 2.18. The van der Waals surface area contributed by atoms with Gasteiger partial charge in [0.2, 0.25) is 0 Å². The molecule has 2 nitrogen and oxygen atoms in total. The van der Waals surface area contributed by atoms with Crippen molar-refractivity contribution in [3.63, 3.8) is 0 Å². The van der Waals surface area contributed by atoms with Crippen LogP contribution in [0, 0.1) is 5.92 Å². The van der Waals surface area contributed by atoms with Gasteiger partial charge in [-0.2, -0.15) is 0 Å².